The fraction of sp³-hybridized carbons (Fsp3) is 0.643. The minimum Gasteiger partial charge on any atom is -0.311 e. The third-order valence-electron chi connectivity index (χ3n) is 4.20. The molecule has 3 heterocycles. The van der Waals surface area contributed by atoms with Crippen molar-refractivity contribution in [3.8, 4) is 0 Å². The minimum atomic E-state index is 0.448. The van der Waals surface area contributed by atoms with E-state index >= 15 is 0 Å². The Kier molecular flexibility index (Phi) is 3.60. The third kappa shape index (κ3) is 2.99. The zero-order chi connectivity index (χ0) is 13.3. The van der Waals surface area contributed by atoms with E-state index in [1.165, 1.54) is 25.9 Å². The number of imidazole rings is 1. The van der Waals surface area contributed by atoms with E-state index in [0.717, 1.165) is 23.7 Å². The van der Waals surface area contributed by atoms with Crippen molar-refractivity contribution in [1.82, 2.24) is 19.6 Å². The number of fused-ring (bicyclic) bond motifs is 1. The maximum atomic E-state index is 4.60. The van der Waals surface area contributed by atoms with Crippen molar-refractivity contribution in [2.24, 2.45) is 5.41 Å². The number of likely N-dealkylation sites (tertiary alicyclic amines) is 1. The molecule has 2 aromatic heterocycles. The van der Waals surface area contributed by atoms with Gasteiger partial charge in [0.05, 0.1) is 5.69 Å². The summed E-state index contributed by atoms with van der Waals surface area (Å²) in [6, 6.07) is 0. The summed E-state index contributed by atoms with van der Waals surface area (Å²) < 4.78 is 2.10. The van der Waals surface area contributed by atoms with E-state index < -0.39 is 0 Å². The summed E-state index contributed by atoms with van der Waals surface area (Å²) in [5.74, 6) is 0. The van der Waals surface area contributed by atoms with Gasteiger partial charge in [0.25, 0.3) is 0 Å². The lowest BCUT2D eigenvalue weighted by molar-refractivity contribution is 0.136. The van der Waals surface area contributed by atoms with Gasteiger partial charge in [0.1, 0.15) is 0 Å². The molecule has 0 spiro atoms. The molecule has 19 heavy (non-hydrogen) atoms. The molecule has 1 fully saturated rings. The van der Waals surface area contributed by atoms with Crippen LogP contribution >= 0.6 is 11.3 Å². The number of hydrogen-bond acceptors (Lipinski definition) is 4. The smallest absolute Gasteiger partial charge is 0.193 e. The largest absolute Gasteiger partial charge is 0.311 e. The fourth-order valence-electron chi connectivity index (χ4n) is 2.69. The standard InChI is InChI=1S/C14H22N4S/c1-14(3-5-17(2)6-4-14)11-15-9-12-10-18-7-8-19-13(18)16-12/h7-8,10,15H,3-6,9,11H2,1-2H3. The summed E-state index contributed by atoms with van der Waals surface area (Å²) >= 11 is 1.69. The molecule has 0 radical (unpaired) electrons. The Bertz CT molecular complexity index is 508. The van der Waals surface area contributed by atoms with Crippen LogP contribution in [-0.2, 0) is 6.54 Å². The normalized spacial score (nSPS) is 20.1. The predicted octanol–water partition coefficient (Wildman–Crippen LogP) is 2.22. The monoisotopic (exact) mass is 278 g/mol. The van der Waals surface area contributed by atoms with E-state index in [0.29, 0.717) is 5.41 Å². The van der Waals surface area contributed by atoms with Crippen molar-refractivity contribution in [3.63, 3.8) is 0 Å². The van der Waals surface area contributed by atoms with Crippen LogP contribution in [0.25, 0.3) is 4.96 Å². The first-order valence-corrected chi connectivity index (χ1v) is 7.83. The van der Waals surface area contributed by atoms with Gasteiger partial charge in [-0.1, -0.05) is 6.92 Å². The lowest BCUT2D eigenvalue weighted by atomic mass is 9.80. The van der Waals surface area contributed by atoms with Crippen LogP contribution in [0.1, 0.15) is 25.5 Å². The summed E-state index contributed by atoms with van der Waals surface area (Å²) in [4.78, 5) is 8.11. The maximum Gasteiger partial charge on any atom is 0.193 e. The van der Waals surface area contributed by atoms with Crippen molar-refractivity contribution in [2.75, 3.05) is 26.7 Å². The summed E-state index contributed by atoms with van der Waals surface area (Å²) in [5.41, 5.74) is 1.59. The first kappa shape index (κ1) is 13.1. The van der Waals surface area contributed by atoms with Gasteiger partial charge in [-0.2, -0.15) is 0 Å². The third-order valence-corrected chi connectivity index (χ3v) is 4.97. The molecule has 1 aliphatic heterocycles. The SMILES string of the molecule is CN1CCC(C)(CNCc2cn3ccsc3n2)CC1. The number of nitrogens with one attached hydrogen (secondary N) is 1. The molecule has 1 N–H and O–H groups in total. The fourth-order valence-corrected chi connectivity index (χ4v) is 3.41. The molecule has 0 saturated carbocycles. The Balaban J connectivity index is 1.51. The Morgan fingerprint density at radius 3 is 2.95 bits per heavy atom. The van der Waals surface area contributed by atoms with Crippen LogP contribution < -0.4 is 5.32 Å². The number of thiazole rings is 1. The second kappa shape index (κ2) is 5.23. The maximum absolute atomic E-state index is 4.60. The van der Waals surface area contributed by atoms with Gasteiger partial charge in [-0.05, 0) is 38.4 Å². The van der Waals surface area contributed by atoms with Crippen molar-refractivity contribution in [1.29, 1.82) is 0 Å². The first-order chi connectivity index (χ1) is 9.15. The van der Waals surface area contributed by atoms with Crippen molar-refractivity contribution in [3.05, 3.63) is 23.5 Å². The van der Waals surface area contributed by atoms with Crippen LogP contribution in [0.15, 0.2) is 17.8 Å². The van der Waals surface area contributed by atoms with E-state index in [2.05, 4.69) is 51.3 Å². The van der Waals surface area contributed by atoms with E-state index in [1.807, 2.05) is 0 Å². The molecule has 0 aliphatic carbocycles. The van der Waals surface area contributed by atoms with Crippen LogP contribution in [-0.4, -0.2) is 41.0 Å². The molecule has 1 saturated heterocycles. The van der Waals surface area contributed by atoms with Gasteiger partial charge in [-0.25, -0.2) is 4.98 Å². The predicted molar refractivity (Wildman–Crippen MR) is 79.6 cm³/mol. The molecule has 0 bridgehead atoms. The molecule has 0 unspecified atom stereocenters. The van der Waals surface area contributed by atoms with Crippen LogP contribution in [0, 0.1) is 5.41 Å². The number of nitrogens with zero attached hydrogens (tertiary/aromatic N) is 3. The summed E-state index contributed by atoms with van der Waals surface area (Å²) in [6.45, 7) is 6.81. The molecule has 4 nitrogen and oxygen atoms in total. The van der Waals surface area contributed by atoms with Gasteiger partial charge in [-0.3, -0.25) is 4.40 Å². The van der Waals surface area contributed by atoms with Crippen LogP contribution in [0.2, 0.25) is 0 Å². The van der Waals surface area contributed by atoms with Crippen LogP contribution in [0.4, 0.5) is 0 Å². The van der Waals surface area contributed by atoms with Gasteiger partial charge in [0, 0.05) is 30.9 Å². The van der Waals surface area contributed by atoms with Gasteiger partial charge < -0.3 is 10.2 Å². The zero-order valence-electron chi connectivity index (χ0n) is 11.7. The van der Waals surface area contributed by atoms with E-state index in [9.17, 15) is 0 Å². The van der Waals surface area contributed by atoms with Crippen molar-refractivity contribution < 1.29 is 0 Å². The summed E-state index contributed by atoms with van der Waals surface area (Å²) in [7, 11) is 2.21. The van der Waals surface area contributed by atoms with Gasteiger partial charge in [-0.15, -0.1) is 11.3 Å². The molecule has 3 rings (SSSR count). The number of aromatic nitrogens is 2. The Hall–Kier alpha value is -0.910. The lowest BCUT2D eigenvalue weighted by Gasteiger charge is -2.38. The molecule has 1 aliphatic rings. The van der Waals surface area contributed by atoms with Crippen molar-refractivity contribution in [2.45, 2.75) is 26.3 Å². The first-order valence-electron chi connectivity index (χ1n) is 6.95. The average Bonchev–Trinajstić information content (AvgIpc) is 2.94. The quantitative estimate of drug-likeness (QED) is 0.931. The highest BCUT2D eigenvalue weighted by atomic mass is 32.1. The number of piperidine rings is 1. The van der Waals surface area contributed by atoms with Crippen LogP contribution in [0.3, 0.4) is 0 Å². The Morgan fingerprint density at radius 1 is 1.42 bits per heavy atom. The summed E-state index contributed by atoms with van der Waals surface area (Å²) in [6.07, 6.45) is 6.76. The topological polar surface area (TPSA) is 32.6 Å². The highest BCUT2D eigenvalue weighted by molar-refractivity contribution is 7.15. The second-order valence-corrected chi connectivity index (χ2v) is 6.92. The second-order valence-electron chi connectivity index (χ2n) is 6.04. The number of rotatable bonds is 4. The Morgan fingerprint density at radius 2 is 2.21 bits per heavy atom. The van der Waals surface area contributed by atoms with Gasteiger partial charge >= 0.3 is 0 Å². The number of hydrogen-bond donors (Lipinski definition) is 1. The van der Waals surface area contributed by atoms with E-state index in [-0.39, 0.29) is 0 Å². The van der Waals surface area contributed by atoms with Crippen LogP contribution in [0.5, 0.6) is 0 Å². The molecule has 2 aromatic rings. The highest BCUT2D eigenvalue weighted by Gasteiger charge is 2.28. The molecule has 0 aromatic carbocycles. The molecule has 104 valence electrons. The van der Waals surface area contributed by atoms with Gasteiger partial charge in [0.2, 0.25) is 0 Å². The van der Waals surface area contributed by atoms with Crippen molar-refractivity contribution >= 4 is 16.3 Å². The minimum absolute atomic E-state index is 0.448. The zero-order valence-corrected chi connectivity index (χ0v) is 12.5. The Labute approximate surface area is 118 Å². The lowest BCUT2D eigenvalue weighted by Crippen LogP contribution is -2.41. The molecule has 0 atom stereocenters. The summed E-state index contributed by atoms with van der Waals surface area (Å²) in [5, 5.41) is 5.66. The molecule has 0 amide bonds. The van der Waals surface area contributed by atoms with Gasteiger partial charge in [0.15, 0.2) is 4.96 Å². The molecular weight excluding hydrogens is 256 g/mol. The highest BCUT2D eigenvalue weighted by Crippen LogP contribution is 2.29. The van der Waals surface area contributed by atoms with E-state index in [4.69, 9.17) is 0 Å². The average molecular weight is 278 g/mol. The molecule has 5 heteroatoms. The molecular formula is C14H22N4S. The van der Waals surface area contributed by atoms with E-state index in [1.54, 1.807) is 11.3 Å².